The molecular formula is C21H20BrN3O7. The number of anilines is 2. The number of benzene rings is 2. The smallest absolute Gasteiger partial charge is 0.311 e. The number of methoxy groups -OCH3 is 1. The van der Waals surface area contributed by atoms with Crippen molar-refractivity contribution in [2.75, 3.05) is 30.5 Å². The number of non-ortho nitro benzene ring substituents is 1. The van der Waals surface area contributed by atoms with E-state index in [1.807, 2.05) is 13.0 Å². The van der Waals surface area contributed by atoms with Crippen molar-refractivity contribution < 1.29 is 28.8 Å². The largest absolute Gasteiger partial charge is 0.494 e. The SMILES string of the molecule is COc1cc([N+](=O)[O-])ccc1N1C[C@H](C(=O)OCC(=O)Nc2ccc(Br)cc2C)CC1=O. The molecule has 0 saturated carbocycles. The van der Waals surface area contributed by atoms with Gasteiger partial charge in [0.25, 0.3) is 11.6 Å². The van der Waals surface area contributed by atoms with Gasteiger partial charge in [0.2, 0.25) is 5.91 Å². The molecule has 32 heavy (non-hydrogen) atoms. The van der Waals surface area contributed by atoms with Gasteiger partial charge in [0, 0.05) is 29.2 Å². The number of carbonyl (C=O) groups is 3. The minimum atomic E-state index is -0.774. The number of nitrogens with zero attached hydrogens (tertiary/aromatic N) is 2. The van der Waals surface area contributed by atoms with Crippen LogP contribution in [0.2, 0.25) is 0 Å². The second-order valence-electron chi connectivity index (χ2n) is 7.13. The lowest BCUT2D eigenvalue weighted by molar-refractivity contribution is -0.384. The zero-order valence-corrected chi connectivity index (χ0v) is 18.9. The summed E-state index contributed by atoms with van der Waals surface area (Å²) in [7, 11) is 1.33. The molecule has 0 aromatic heterocycles. The molecule has 0 unspecified atom stereocenters. The van der Waals surface area contributed by atoms with Crippen LogP contribution in [0.15, 0.2) is 40.9 Å². The zero-order chi connectivity index (χ0) is 23.4. The third kappa shape index (κ3) is 5.22. The quantitative estimate of drug-likeness (QED) is 0.347. The van der Waals surface area contributed by atoms with Gasteiger partial charge in [-0.3, -0.25) is 24.5 Å². The van der Waals surface area contributed by atoms with E-state index in [-0.39, 0.29) is 30.3 Å². The molecule has 1 N–H and O–H groups in total. The van der Waals surface area contributed by atoms with E-state index in [0.29, 0.717) is 11.4 Å². The van der Waals surface area contributed by atoms with Gasteiger partial charge in [0.15, 0.2) is 6.61 Å². The third-order valence-corrected chi connectivity index (χ3v) is 5.42. The van der Waals surface area contributed by atoms with Crippen LogP contribution in [-0.2, 0) is 19.1 Å². The number of rotatable bonds is 7. The Hall–Kier alpha value is -3.47. The van der Waals surface area contributed by atoms with Gasteiger partial charge in [-0.15, -0.1) is 0 Å². The summed E-state index contributed by atoms with van der Waals surface area (Å²) in [6, 6.07) is 9.21. The molecule has 3 rings (SSSR count). The van der Waals surface area contributed by atoms with Crippen LogP contribution >= 0.6 is 15.9 Å². The van der Waals surface area contributed by atoms with E-state index < -0.39 is 29.3 Å². The summed E-state index contributed by atoms with van der Waals surface area (Å²) in [5.41, 5.74) is 1.58. The maximum Gasteiger partial charge on any atom is 0.311 e. The van der Waals surface area contributed by atoms with Gasteiger partial charge < -0.3 is 19.7 Å². The molecule has 0 radical (unpaired) electrons. The molecule has 1 aliphatic heterocycles. The Morgan fingerprint density at radius 3 is 2.69 bits per heavy atom. The fourth-order valence-electron chi connectivity index (χ4n) is 3.31. The molecule has 10 nitrogen and oxygen atoms in total. The Morgan fingerprint density at radius 1 is 1.28 bits per heavy atom. The van der Waals surface area contributed by atoms with Gasteiger partial charge in [0.05, 0.1) is 29.7 Å². The van der Waals surface area contributed by atoms with Gasteiger partial charge in [-0.25, -0.2) is 0 Å². The number of hydrogen-bond acceptors (Lipinski definition) is 7. The lowest BCUT2D eigenvalue weighted by Crippen LogP contribution is -2.28. The number of ether oxygens (including phenoxy) is 2. The summed E-state index contributed by atoms with van der Waals surface area (Å²) in [6.07, 6.45) is -0.105. The molecule has 168 valence electrons. The first-order chi connectivity index (χ1) is 15.2. The highest BCUT2D eigenvalue weighted by Gasteiger charge is 2.37. The monoisotopic (exact) mass is 505 g/mol. The summed E-state index contributed by atoms with van der Waals surface area (Å²) in [5, 5.41) is 13.6. The molecule has 0 spiro atoms. The van der Waals surface area contributed by atoms with Crippen molar-refractivity contribution in [3.8, 4) is 5.75 Å². The number of nitro benzene ring substituents is 1. The number of hydrogen-bond donors (Lipinski definition) is 1. The first-order valence-corrected chi connectivity index (χ1v) is 10.3. The van der Waals surface area contributed by atoms with Crippen molar-refractivity contribution in [2.24, 2.45) is 5.92 Å². The summed E-state index contributed by atoms with van der Waals surface area (Å²) < 4.78 is 11.2. The molecule has 1 heterocycles. The number of esters is 1. The summed E-state index contributed by atoms with van der Waals surface area (Å²) >= 11 is 3.34. The first kappa shape index (κ1) is 23.2. The molecule has 1 atom stereocenters. The molecule has 2 aromatic carbocycles. The van der Waals surface area contributed by atoms with E-state index in [1.165, 1.54) is 30.2 Å². The Bertz CT molecular complexity index is 1090. The minimum absolute atomic E-state index is 0.0132. The predicted octanol–water partition coefficient (Wildman–Crippen LogP) is 3.21. The van der Waals surface area contributed by atoms with Crippen molar-refractivity contribution in [1.82, 2.24) is 0 Å². The standard InChI is InChI=1S/C21H20BrN3O7/c1-12-7-14(22)3-5-16(12)23-19(26)11-32-21(28)13-8-20(27)24(10-13)17-6-4-15(25(29)30)9-18(17)31-2/h3-7,9,13H,8,10-11H2,1-2H3,(H,23,26)/t13-/m1/s1. The molecule has 2 aromatic rings. The van der Waals surface area contributed by atoms with Gasteiger partial charge in [-0.05, 0) is 36.8 Å². The maximum atomic E-state index is 12.5. The highest BCUT2D eigenvalue weighted by atomic mass is 79.9. The van der Waals surface area contributed by atoms with Crippen LogP contribution in [0.25, 0.3) is 0 Å². The number of halogens is 1. The van der Waals surface area contributed by atoms with Crippen LogP contribution in [0.1, 0.15) is 12.0 Å². The predicted molar refractivity (Wildman–Crippen MR) is 119 cm³/mol. The van der Waals surface area contributed by atoms with E-state index in [2.05, 4.69) is 21.2 Å². The molecule has 1 saturated heterocycles. The summed E-state index contributed by atoms with van der Waals surface area (Å²) in [4.78, 5) is 48.7. The minimum Gasteiger partial charge on any atom is -0.494 e. The Balaban J connectivity index is 1.60. The highest BCUT2D eigenvalue weighted by Crippen LogP contribution is 2.36. The lowest BCUT2D eigenvalue weighted by Gasteiger charge is -2.19. The van der Waals surface area contributed by atoms with Crippen molar-refractivity contribution in [3.05, 3.63) is 56.5 Å². The topological polar surface area (TPSA) is 128 Å². The molecule has 1 fully saturated rings. The maximum absolute atomic E-state index is 12.5. The van der Waals surface area contributed by atoms with E-state index in [1.54, 1.807) is 12.1 Å². The van der Waals surface area contributed by atoms with Gasteiger partial charge in [0.1, 0.15) is 5.75 Å². The Morgan fingerprint density at radius 2 is 2.03 bits per heavy atom. The third-order valence-electron chi connectivity index (χ3n) is 4.93. The second kappa shape index (κ2) is 9.77. The van der Waals surface area contributed by atoms with Crippen LogP contribution in [0.3, 0.4) is 0 Å². The van der Waals surface area contributed by atoms with Crippen molar-refractivity contribution in [1.29, 1.82) is 0 Å². The second-order valence-corrected chi connectivity index (χ2v) is 8.05. The van der Waals surface area contributed by atoms with Gasteiger partial charge >= 0.3 is 5.97 Å². The fraction of sp³-hybridized carbons (Fsp3) is 0.286. The van der Waals surface area contributed by atoms with Crippen molar-refractivity contribution in [3.63, 3.8) is 0 Å². The zero-order valence-electron chi connectivity index (χ0n) is 17.3. The summed E-state index contributed by atoms with van der Waals surface area (Å²) in [6.45, 7) is 1.36. The van der Waals surface area contributed by atoms with Crippen molar-refractivity contribution >= 4 is 50.8 Å². The van der Waals surface area contributed by atoms with E-state index in [0.717, 1.165) is 10.0 Å². The Labute approximate surface area is 191 Å². The van der Waals surface area contributed by atoms with E-state index >= 15 is 0 Å². The molecule has 0 bridgehead atoms. The van der Waals surface area contributed by atoms with Crippen LogP contribution in [0.4, 0.5) is 17.1 Å². The number of aryl methyl sites for hydroxylation is 1. The average molecular weight is 506 g/mol. The van der Waals surface area contributed by atoms with Crippen LogP contribution < -0.4 is 15.0 Å². The molecule has 2 amide bonds. The first-order valence-electron chi connectivity index (χ1n) is 9.55. The van der Waals surface area contributed by atoms with Gasteiger partial charge in [-0.2, -0.15) is 0 Å². The van der Waals surface area contributed by atoms with Crippen molar-refractivity contribution in [2.45, 2.75) is 13.3 Å². The lowest BCUT2D eigenvalue weighted by atomic mass is 10.1. The number of carbonyl (C=O) groups excluding carboxylic acids is 3. The molecular weight excluding hydrogens is 486 g/mol. The van der Waals surface area contributed by atoms with Crippen LogP contribution in [0, 0.1) is 23.0 Å². The van der Waals surface area contributed by atoms with E-state index in [4.69, 9.17) is 9.47 Å². The molecule has 11 heteroatoms. The highest BCUT2D eigenvalue weighted by molar-refractivity contribution is 9.10. The number of nitrogens with one attached hydrogen (secondary N) is 1. The van der Waals surface area contributed by atoms with Crippen LogP contribution in [0.5, 0.6) is 5.75 Å². The summed E-state index contributed by atoms with van der Waals surface area (Å²) in [5.74, 6) is -2.16. The normalized spacial score (nSPS) is 15.4. The Kier molecular flexibility index (Phi) is 7.08. The fourth-order valence-corrected chi connectivity index (χ4v) is 3.78. The number of amides is 2. The van der Waals surface area contributed by atoms with Crippen LogP contribution in [-0.4, -0.2) is 43.0 Å². The molecule has 0 aliphatic carbocycles. The van der Waals surface area contributed by atoms with Gasteiger partial charge in [-0.1, -0.05) is 15.9 Å². The number of nitro groups is 1. The van der Waals surface area contributed by atoms with E-state index in [9.17, 15) is 24.5 Å². The average Bonchev–Trinajstić information content (AvgIpc) is 3.15. The molecule has 1 aliphatic rings.